The van der Waals surface area contributed by atoms with Crippen LogP contribution in [0.2, 0.25) is 0 Å². The van der Waals surface area contributed by atoms with Crippen LogP contribution < -0.4 is 0 Å². The van der Waals surface area contributed by atoms with Gasteiger partial charge in [0, 0.05) is 15.1 Å². The molecule has 0 aromatic rings. The summed E-state index contributed by atoms with van der Waals surface area (Å²) in [5.41, 5.74) is 0. The van der Waals surface area contributed by atoms with Gasteiger partial charge in [0.25, 0.3) is 0 Å². The molecule has 0 bridgehead atoms. The lowest BCUT2D eigenvalue weighted by Crippen LogP contribution is -1.76. The Morgan fingerprint density at radius 2 is 2.11 bits per heavy atom. The van der Waals surface area contributed by atoms with Crippen LogP contribution in [0.15, 0.2) is 0 Å². The van der Waals surface area contributed by atoms with Crippen LogP contribution in [-0.2, 0) is 0 Å². The van der Waals surface area contributed by atoms with Crippen LogP contribution in [-0.4, -0.2) is 0 Å². The summed E-state index contributed by atoms with van der Waals surface area (Å²) in [6.07, 6.45) is -12.4. The van der Waals surface area contributed by atoms with Crippen LogP contribution in [0.25, 0.3) is 0 Å². The molecule has 0 rings (SSSR count). The summed E-state index contributed by atoms with van der Waals surface area (Å²) in [4.78, 5) is 0. The van der Waals surface area contributed by atoms with Crippen molar-refractivity contribution in [3.63, 3.8) is 0 Å². The van der Waals surface area contributed by atoms with Crippen molar-refractivity contribution in [3.05, 3.63) is 0 Å². The molecule has 0 saturated carbocycles. The number of unbranched alkanes of at least 4 members (excludes halogenated alkanes) is 1. The highest BCUT2D eigenvalue weighted by molar-refractivity contribution is 4.41. The van der Waals surface area contributed by atoms with E-state index in [2.05, 4.69) is 0 Å². The van der Waals surface area contributed by atoms with Crippen molar-refractivity contribution in [3.8, 4) is 0 Å². The van der Waals surface area contributed by atoms with Gasteiger partial charge in [-0.25, -0.2) is 0 Å². The summed E-state index contributed by atoms with van der Waals surface area (Å²) in [6.45, 7) is -1.65. The van der Waals surface area contributed by atoms with E-state index < -0.39 is 32.3 Å². The van der Waals surface area contributed by atoms with E-state index in [1.807, 2.05) is 0 Å². The molecule has 0 amide bonds. The van der Waals surface area contributed by atoms with Gasteiger partial charge in [-0.1, -0.05) is 58.5 Å². The minimum atomic E-state index is -3.51. The molecule has 0 aliphatic carbocycles. The molecule has 0 aliphatic heterocycles. The molecule has 0 heteroatoms. The second-order valence-electron chi connectivity index (χ2n) is 1.66. The fourth-order valence-corrected chi connectivity index (χ4v) is 0.403. The SMILES string of the molecule is [2H]C([2H])([2H])C([2H])([2H])C([2H])([2H])C([2H])([2H])C([2H])([2H])CCCC. The van der Waals surface area contributed by atoms with Gasteiger partial charge >= 0.3 is 0 Å². The normalized spacial score (nSPS) is 35.9. The predicted octanol–water partition coefficient (Wildman–Crippen LogP) is 3.76. The Morgan fingerprint density at radius 1 is 1.22 bits per heavy atom. The zero-order valence-electron chi connectivity index (χ0n) is 16.6. The molecule has 0 radical (unpaired) electrons. The maximum atomic E-state index is 7.67. The smallest absolute Gasteiger partial charge is 0.0267 e. The Kier molecular flexibility index (Phi) is 1.42. The minimum absolute atomic E-state index is 0.291. The van der Waals surface area contributed by atoms with E-state index >= 15 is 0 Å². The largest absolute Gasteiger partial charge is 0.0654 e. The Bertz CT molecular complexity index is 327. The quantitative estimate of drug-likeness (QED) is 0.525. The first-order chi connectivity index (χ1) is 8.56. The molecular weight excluding hydrogens is 108 g/mol. The van der Waals surface area contributed by atoms with Gasteiger partial charge in [0.2, 0.25) is 0 Å². The summed E-state index contributed by atoms with van der Waals surface area (Å²) >= 11 is 0. The van der Waals surface area contributed by atoms with Gasteiger partial charge in [0.15, 0.2) is 0 Å². The van der Waals surface area contributed by atoms with Gasteiger partial charge in [0.1, 0.15) is 0 Å². The Labute approximate surface area is 75.1 Å². The van der Waals surface area contributed by atoms with Crippen LogP contribution in [0.3, 0.4) is 0 Å². The lowest BCUT2D eigenvalue weighted by atomic mass is 10.1. The number of hydrogen-bond donors (Lipinski definition) is 0. The average Bonchev–Trinajstić information content (AvgIpc) is 2.24. The Hall–Kier alpha value is 0. The zero-order valence-corrected chi connectivity index (χ0v) is 5.62. The van der Waals surface area contributed by atoms with Crippen molar-refractivity contribution in [2.45, 2.75) is 58.5 Å². The van der Waals surface area contributed by atoms with E-state index in [4.69, 9.17) is 15.1 Å². The summed E-state index contributed by atoms with van der Waals surface area (Å²) in [5.74, 6) is 0. The van der Waals surface area contributed by atoms with Crippen LogP contribution >= 0.6 is 0 Å². The third kappa shape index (κ3) is 8.00. The van der Waals surface area contributed by atoms with Crippen molar-refractivity contribution in [2.75, 3.05) is 0 Å². The molecule has 0 fully saturated rings. The highest BCUT2D eigenvalue weighted by Gasteiger charge is 1.85. The predicted molar refractivity (Wildman–Crippen MR) is 43.7 cm³/mol. The van der Waals surface area contributed by atoms with E-state index in [9.17, 15) is 0 Å². The van der Waals surface area contributed by atoms with Gasteiger partial charge in [-0.3, -0.25) is 0 Å². The molecule has 0 aliphatic rings. The maximum absolute atomic E-state index is 7.67. The van der Waals surface area contributed by atoms with Crippen molar-refractivity contribution < 1.29 is 15.1 Å². The van der Waals surface area contributed by atoms with E-state index in [1.54, 1.807) is 6.92 Å². The van der Waals surface area contributed by atoms with Gasteiger partial charge in [-0.05, 0) is 0 Å². The first-order valence-corrected chi connectivity index (χ1v) is 3.06. The number of hydrogen-bond acceptors (Lipinski definition) is 0. The van der Waals surface area contributed by atoms with E-state index in [0.29, 0.717) is 12.8 Å². The zero-order chi connectivity index (χ0) is 16.6. The lowest BCUT2D eigenvalue weighted by molar-refractivity contribution is 0.602. The fourth-order valence-electron chi connectivity index (χ4n) is 0.403. The first kappa shape index (κ1) is 1.60. The Morgan fingerprint density at radius 3 is 2.78 bits per heavy atom. The molecule has 56 valence electrons. The van der Waals surface area contributed by atoms with Crippen LogP contribution in [0.5, 0.6) is 0 Å². The maximum Gasteiger partial charge on any atom is 0.0267 e. The highest BCUT2D eigenvalue weighted by atomic mass is 13.9. The van der Waals surface area contributed by atoms with Gasteiger partial charge in [0.05, 0.1) is 0 Å². The molecule has 0 spiro atoms. The summed E-state index contributed by atoms with van der Waals surface area (Å²) < 4.78 is 81.8. The highest BCUT2D eigenvalue weighted by Crippen LogP contribution is 2.05. The van der Waals surface area contributed by atoms with Crippen LogP contribution in [0.4, 0.5) is 0 Å². The van der Waals surface area contributed by atoms with Crippen LogP contribution in [0, 0.1) is 0 Å². The van der Waals surface area contributed by atoms with Gasteiger partial charge in [-0.2, -0.15) is 0 Å². The summed E-state index contributed by atoms with van der Waals surface area (Å²) in [6, 6.07) is 0. The van der Waals surface area contributed by atoms with Gasteiger partial charge < -0.3 is 0 Å². The van der Waals surface area contributed by atoms with Crippen molar-refractivity contribution in [2.24, 2.45) is 0 Å². The fraction of sp³-hybridized carbons (Fsp3) is 1.00. The summed E-state index contributed by atoms with van der Waals surface area (Å²) in [7, 11) is 0. The first-order valence-electron chi connectivity index (χ1n) is 8.56. The lowest BCUT2D eigenvalue weighted by Gasteiger charge is -1.96. The second-order valence-corrected chi connectivity index (χ2v) is 1.66. The molecule has 9 heavy (non-hydrogen) atoms. The summed E-state index contributed by atoms with van der Waals surface area (Å²) in [5, 5.41) is 0. The number of rotatable bonds is 6. The molecule has 0 nitrogen and oxygen atoms in total. The molecule has 0 aromatic heterocycles. The molecule has 0 unspecified atom stereocenters. The third-order valence-corrected chi connectivity index (χ3v) is 0.869. The third-order valence-electron chi connectivity index (χ3n) is 0.869. The van der Waals surface area contributed by atoms with E-state index in [1.165, 1.54) is 0 Å². The molecular formula is C9H20. The van der Waals surface area contributed by atoms with Crippen molar-refractivity contribution in [1.29, 1.82) is 0 Å². The van der Waals surface area contributed by atoms with Crippen molar-refractivity contribution in [1.82, 2.24) is 0 Å². The molecule has 0 aromatic carbocycles. The molecule has 0 heterocycles. The van der Waals surface area contributed by atoms with Gasteiger partial charge in [-0.15, -0.1) is 0 Å². The van der Waals surface area contributed by atoms with Crippen LogP contribution in [0.1, 0.15) is 73.6 Å². The molecule has 0 N–H and O–H groups in total. The standard InChI is InChI=1S/C9H20/c1-3-5-7-9-8-6-4-2/h3-9H2,1-2H3/i1D3,3D2,5D2,7D2,9D2. The second kappa shape index (κ2) is 8.00. The average molecular weight is 139 g/mol. The Balaban J connectivity index is 5.68. The minimum Gasteiger partial charge on any atom is -0.0654 e. The monoisotopic (exact) mass is 139 g/mol. The molecule has 0 saturated heterocycles. The van der Waals surface area contributed by atoms with Crippen molar-refractivity contribution >= 4 is 0 Å². The van der Waals surface area contributed by atoms with E-state index in [-0.39, 0.29) is 6.42 Å². The topological polar surface area (TPSA) is 0 Å². The molecule has 0 atom stereocenters. The van der Waals surface area contributed by atoms with E-state index in [0.717, 1.165) is 0 Å².